The molecular weight excluding hydrogens is 192 g/mol. The maximum atomic E-state index is 2.31. The van der Waals surface area contributed by atoms with E-state index in [0.29, 0.717) is 5.41 Å². The molecule has 0 aliphatic carbocycles. The van der Waals surface area contributed by atoms with Gasteiger partial charge in [0.25, 0.3) is 0 Å². The number of hydrogen-bond acceptors (Lipinski definition) is 0. The van der Waals surface area contributed by atoms with E-state index in [1.54, 1.807) is 0 Å². The maximum absolute atomic E-state index is 2.31. The third-order valence-electron chi connectivity index (χ3n) is 2.43. The van der Waals surface area contributed by atoms with Gasteiger partial charge >= 0.3 is 0 Å². The molecule has 16 heavy (non-hydrogen) atoms. The van der Waals surface area contributed by atoms with Crippen LogP contribution < -0.4 is 0 Å². The zero-order chi connectivity index (χ0) is 13.0. The Bertz CT molecular complexity index is 221. The number of rotatable bonds is 3. The van der Waals surface area contributed by atoms with Gasteiger partial charge in [0.15, 0.2) is 0 Å². The number of hydrogen-bond donors (Lipinski definition) is 0. The van der Waals surface area contributed by atoms with Crippen LogP contribution >= 0.6 is 0 Å². The highest BCUT2D eigenvalue weighted by atomic mass is 14.2. The molecule has 0 heteroatoms. The van der Waals surface area contributed by atoms with Gasteiger partial charge in [-0.05, 0) is 17.4 Å². The van der Waals surface area contributed by atoms with E-state index in [1.165, 1.54) is 18.4 Å². The van der Waals surface area contributed by atoms with Crippen molar-refractivity contribution in [2.24, 2.45) is 0 Å². The Balaban J connectivity index is 0. The van der Waals surface area contributed by atoms with Crippen LogP contribution in [0.3, 0.4) is 0 Å². The van der Waals surface area contributed by atoms with Crippen molar-refractivity contribution >= 4 is 0 Å². The molecule has 0 aliphatic rings. The van der Waals surface area contributed by atoms with Gasteiger partial charge in [0.2, 0.25) is 0 Å². The van der Waals surface area contributed by atoms with Gasteiger partial charge in [0.05, 0.1) is 0 Å². The first-order valence-electron chi connectivity index (χ1n) is 6.72. The predicted molar refractivity (Wildman–Crippen MR) is 77.1 cm³/mol. The van der Waals surface area contributed by atoms with E-state index in [-0.39, 0.29) is 0 Å². The van der Waals surface area contributed by atoms with Gasteiger partial charge in [0, 0.05) is 0 Å². The van der Waals surface area contributed by atoms with Gasteiger partial charge in [-0.1, -0.05) is 85.2 Å². The third-order valence-corrected chi connectivity index (χ3v) is 2.43. The molecule has 0 saturated carbocycles. The van der Waals surface area contributed by atoms with E-state index in [0.717, 1.165) is 0 Å². The molecule has 1 aromatic rings. The van der Waals surface area contributed by atoms with Gasteiger partial charge in [-0.15, -0.1) is 0 Å². The Morgan fingerprint density at radius 1 is 0.875 bits per heavy atom. The van der Waals surface area contributed by atoms with Gasteiger partial charge < -0.3 is 0 Å². The Hall–Kier alpha value is -0.780. The van der Waals surface area contributed by atoms with Crippen LogP contribution in [-0.2, 0) is 5.41 Å². The Kier molecular flexibility index (Phi) is 11.8. The molecule has 0 heterocycles. The fourth-order valence-electron chi connectivity index (χ4n) is 1.66. The Morgan fingerprint density at radius 3 is 1.69 bits per heavy atom. The summed E-state index contributed by atoms with van der Waals surface area (Å²) in [5.41, 5.74) is 1.79. The van der Waals surface area contributed by atoms with Gasteiger partial charge in [0.1, 0.15) is 0 Å². The lowest BCUT2D eigenvalue weighted by atomic mass is 9.81. The molecule has 0 saturated heterocycles. The summed E-state index contributed by atoms with van der Waals surface area (Å²) in [6.45, 7) is 14.9. The summed E-state index contributed by atoms with van der Waals surface area (Å²) in [7, 11) is 0. The molecule has 0 unspecified atom stereocenters. The normalized spacial score (nSPS) is 9.44. The highest BCUT2D eigenvalue weighted by Gasteiger charge is 2.17. The molecule has 0 radical (unpaired) electrons. The predicted octanol–water partition coefficient (Wildman–Crippen LogP) is 5.82. The zero-order valence-corrected chi connectivity index (χ0v) is 12.3. The topological polar surface area (TPSA) is 0 Å². The summed E-state index contributed by atoms with van der Waals surface area (Å²) < 4.78 is 0. The van der Waals surface area contributed by atoms with Gasteiger partial charge in [-0.3, -0.25) is 0 Å². The summed E-state index contributed by atoms with van der Waals surface area (Å²) in [5, 5.41) is 0. The fraction of sp³-hybridized carbons (Fsp3) is 0.625. The van der Waals surface area contributed by atoms with Crippen LogP contribution in [0.2, 0.25) is 0 Å². The molecule has 0 atom stereocenters. The van der Waals surface area contributed by atoms with Gasteiger partial charge in [-0.25, -0.2) is 0 Å². The first-order valence-corrected chi connectivity index (χ1v) is 6.72. The number of benzene rings is 1. The van der Waals surface area contributed by atoms with E-state index >= 15 is 0 Å². The smallest absolute Gasteiger partial charge is 0.0104 e. The highest BCUT2D eigenvalue weighted by molar-refractivity contribution is 5.23. The second kappa shape index (κ2) is 10.7. The second-order valence-electron chi connectivity index (χ2n) is 4.00. The van der Waals surface area contributed by atoms with Crippen molar-refractivity contribution in [1.29, 1.82) is 0 Å². The molecule has 1 aromatic carbocycles. The van der Waals surface area contributed by atoms with Crippen LogP contribution in [-0.4, -0.2) is 0 Å². The van der Waals surface area contributed by atoms with Crippen LogP contribution in [0, 0.1) is 0 Å². The minimum absolute atomic E-state index is 0.343. The Morgan fingerprint density at radius 2 is 1.31 bits per heavy atom. The first-order chi connectivity index (χ1) is 7.67. The quantitative estimate of drug-likeness (QED) is 0.605. The SMILES string of the molecule is CC.CC.CCCC(C)(C)c1ccccc1. The molecule has 0 fully saturated rings. The molecule has 94 valence electrons. The van der Waals surface area contributed by atoms with E-state index in [1.807, 2.05) is 27.7 Å². The molecular formula is C16H30. The average molecular weight is 222 g/mol. The van der Waals surface area contributed by atoms with Crippen molar-refractivity contribution in [2.75, 3.05) is 0 Å². The van der Waals surface area contributed by atoms with E-state index < -0.39 is 0 Å². The van der Waals surface area contributed by atoms with Crippen LogP contribution in [0.1, 0.15) is 66.9 Å². The molecule has 0 amide bonds. The van der Waals surface area contributed by atoms with Crippen molar-refractivity contribution in [3.8, 4) is 0 Å². The van der Waals surface area contributed by atoms with Gasteiger partial charge in [-0.2, -0.15) is 0 Å². The second-order valence-corrected chi connectivity index (χ2v) is 4.00. The van der Waals surface area contributed by atoms with Crippen molar-refractivity contribution in [1.82, 2.24) is 0 Å². The van der Waals surface area contributed by atoms with E-state index in [2.05, 4.69) is 51.1 Å². The molecule has 0 aromatic heterocycles. The maximum Gasteiger partial charge on any atom is -0.0104 e. The molecule has 1 rings (SSSR count). The van der Waals surface area contributed by atoms with Crippen LogP contribution in [0.5, 0.6) is 0 Å². The van der Waals surface area contributed by atoms with Crippen molar-refractivity contribution in [3.05, 3.63) is 35.9 Å². The summed E-state index contributed by atoms with van der Waals surface area (Å²) in [6, 6.07) is 10.7. The van der Waals surface area contributed by atoms with Crippen LogP contribution in [0.4, 0.5) is 0 Å². The first kappa shape index (κ1) is 17.6. The standard InChI is InChI=1S/C12H18.2C2H6/c1-4-10-12(2,3)11-8-6-5-7-9-11;2*1-2/h5-9H,4,10H2,1-3H3;2*1-2H3. The van der Waals surface area contributed by atoms with Crippen LogP contribution in [0.15, 0.2) is 30.3 Å². The van der Waals surface area contributed by atoms with E-state index in [4.69, 9.17) is 0 Å². The summed E-state index contributed by atoms with van der Waals surface area (Å²) in [4.78, 5) is 0. The lowest BCUT2D eigenvalue weighted by Gasteiger charge is -2.24. The summed E-state index contributed by atoms with van der Waals surface area (Å²) in [5.74, 6) is 0. The zero-order valence-electron chi connectivity index (χ0n) is 12.3. The Labute approximate surface area is 103 Å². The molecule has 0 N–H and O–H groups in total. The highest BCUT2D eigenvalue weighted by Crippen LogP contribution is 2.27. The monoisotopic (exact) mass is 222 g/mol. The van der Waals surface area contributed by atoms with E-state index in [9.17, 15) is 0 Å². The molecule has 0 spiro atoms. The summed E-state index contributed by atoms with van der Waals surface area (Å²) in [6.07, 6.45) is 2.51. The fourth-order valence-corrected chi connectivity index (χ4v) is 1.66. The minimum atomic E-state index is 0.343. The van der Waals surface area contributed by atoms with Crippen LogP contribution in [0.25, 0.3) is 0 Å². The third kappa shape index (κ3) is 6.66. The van der Waals surface area contributed by atoms with Crippen molar-refractivity contribution in [2.45, 2.75) is 66.7 Å². The van der Waals surface area contributed by atoms with Crippen molar-refractivity contribution < 1.29 is 0 Å². The van der Waals surface area contributed by atoms with Crippen molar-refractivity contribution in [3.63, 3.8) is 0 Å². The average Bonchev–Trinajstić information content (AvgIpc) is 2.35. The molecule has 0 nitrogen and oxygen atoms in total. The summed E-state index contributed by atoms with van der Waals surface area (Å²) >= 11 is 0. The molecule has 0 aliphatic heterocycles. The largest absolute Gasteiger partial charge is 0.0683 e. The lowest BCUT2D eigenvalue weighted by molar-refractivity contribution is 0.473. The lowest BCUT2D eigenvalue weighted by Crippen LogP contribution is -2.16. The minimum Gasteiger partial charge on any atom is -0.0683 e. The molecule has 0 bridgehead atoms.